The molecule has 1 N–H and O–H groups in total. The van der Waals surface area contributed by atoms with Crippen LogP contribution in [-0.4, -0.2) is 27.8 Å². The molecule has 1 aromatic carbocycles. The lowest BCUT2D eigenvalue weighted by atomic mass is 9.95. The summed E-state index contributed by atoms with van der Waals surface area (Å²) < 4.78 is 46.9. The fourth-order valence-corrected chi connectivity index (χ4v) is 3.54. The lowest BCUT2D eigenvalue weighted by Gasteiger charge is -2.25. The van der Waals surface area contributed by atoms with Crippen molar-refractivity contribution in [2.24, 2.45) is 0 Å². The van der Waals surface area contributed by atoms with Crippen LogP contribution < -0.4 is 10.1 Å². The molecule has 1 heterocycles. The van der Waals surface area contributed by atoms with Crippen LogP contribution in [0.1, 0.15) is 43.6 Å². The Morgan fingerprint density at radius 3 is 2.52 bits per heavy atom. The maximum Gasteiger partial charge on any atom is 0.435 e. The second-order valence-electron chi connectivity index (χ2n) is 7.52. The number of nitrogens with one attached hydrogen (secondary N) is 1. The Balaban J connectivity index is 1.62. The molecule has 1 aromatic heterocycles. The minimum atomic E-state index is -4.47. The molecule has 0 saturated heterocycles. The summed E-state index contributed by atoms with van der Waals surface area (Å²) in [6.45, 7) is 3.56. The Labute approximate surface area is 172 Å². The Morgan fingerprint density at radius 2 is 1.86 bits per heavy atom. The molecule has 0 atom stereocenters. The highest BCUT2D eigenvalue weighted by molar-refractivity contribution is 6.30. The van der Waals surface area contributed by atoms with Gasteiger partial charge in [0.15, 0.2) is 11.3 Å². The third kappa shape index (κ3) is 5.04. The van der Waals surface area contributed by atoms with Crippen molar-refractivity contribution in [3.05, 3.63) is 46.2 Å². The number of fused-ring (bicyclic) bond motifs is 1. The number of amides is 1. The lowest BCUT2D eigenvalue weighted by molar-refractivity contribution is -0.142. The van der Waals surface area contributed by atoms with Gasteiger partial charge in [-0.15, -0.1) is 0 Å². The molecule has 0 aliphatic heterocycles. The molecule has 0 saturated carbocycles. The number of hydrogen-bond donors (Lipinski definition) is 1. The fraction of sp³-hybridized carbons (Fsp3) is 0.500. The van der Waals surface area contributed by atoms with Gasteiger partial charge in [-0.1, -0.05) is 11.6 Å². The second-order valence-corrected chi connectivity index (χ2v) is 7.96. The molecule has 0 unspecified atom stereocenters. The second kappa shape index (κ2) is 8.26. The molecule has 9 heteroatoms. The molecule has 1 aliphatic carbocycles. The van der Waals surface area contributed by atoms with Crippen molar-refractivity contribution in [3.63, 3.8) is 0 Å². The summed E-state index contributed by atoms with van der Waals surface area (Å²) in [5.74, 6) is 0.120. The molecule has 3 rings (SSSR count). The maximum atomic E-state index is 13.3. The molecule has 1 aliphatic rings. The van der Waals surface area contributed by atoms with Crippen molar-refractivity contribution in [1.29, 1.82) is 0 Å². The minimum absolute atomic E-state index is 0.150. The number of ether oxygens (including phenoxy) is 1. The molecule has 0 spiro atoms. The van der Waals surface area contributed by atoms with Gasteiger partial charge in [0.2, 0.25) is 0 Å². The van der Waals surface area contributed by atoms with Gasteiger partial charge in [-0.3, -0.25) is 9.48 Å². The highest BCUT2D eigenvalue weighted by atomic mass is 35.5. The van der Waals surface area contributed by atoms with Crippen LogP contribution in [0.3, 0.4) is 0 Å². The number of rotatable bonds is 6. The topological polar surface area (TPSA) is 56.1 Å². The molecule has 0 fully saturated rings. The average molecular weight is 430 g/mol. The number of alkyl halides is 3. The van der Waals surface area contributed by atoms with Crippen LogP contribution in [0.2, 0.25) is 5.02 Å². The quantitative estimate of drug-likeness (QED) is 0.740. The van der Waals surface area contributed by atoms with E-state index in [9.17, 15) is 18.0 Å². The van der Waals surface area contributed by atoms with E-state index in [4.69, 9.17) is 16.3 Å². The van der Waals surface area contributed by atoms with Gasteiger partial charge in [0.1, 0.15) is 5.75 Å². The summed E-state index contributed by atoms with van der Waals surface area (Å²) >= 11 is 5.84. The van der Waals surface area contributed by atoms with E-state index in [1.54, 1.807) is 38.1 Å². The number of benzene rings is 1. The first-order valence-electron chi connectivity index (χ1n) is 9.46. The largest absolute Gasteiger partial charge is 0.478 e. The SMILES string of the molecule is CC(C)(Oc1ccc(Cl)cc1)C(=O)NCCn1nc(C(F)(F)F)c2c1CCCC2. The van der Waals surface area contributed by atoms with Crippen molar-refractivity contribution in [3.8, 4) is 5.75 Å². The van der Waals surface area contributed by atoms with E-state index in [-0.39, 0.29) is 19.0 Å². The smallest absolute Gasteiger partial charge is 0.435 e. The zero-order chi connectivity index (χ0) is 21.2. The summed E-state index contributed by atoms with van der Waals surface area (Å²) in [4.78, 5) is 12.5. The average Bonchev–Trinajstić information content (AvgIpc) is 3.03. The Hall–Kier alpha value is -2.22. The van der Waals surface area contributed by atoms with Gasteiger partial charge in [0.25, 0.3) is 5.91 Å². The van der Waals surface area contributed by atoms with Crippen LogP contribution in [0.4, 0.5) is 13.2 Å². The van der Waals surface area contributed by atoms with E-state index in [1.165, 1.54) is 4.68 Å². The van der Waals surface area contributed by atoms with Gasteiger partial charge >= 0.3 is 6.18 Å². The summed E-state index contributed by atoms with van der Waals surface area (Å²) in [5, 5.41) is 7.08. The van der Waals surface area contributed by atoms with Gasteiger partial charge < -0.3 is 10.1 Å². The maximum absolute atomic E-state index is 13.3. The van der Waals surface area contributed by atoms with Crippen LogP contribution in [0.5, 0.6) is 5.75 Å². The zero-order valence-corrected chi connectivity index (χ0v) is 17.0. The first-order valence-corrected chi connectivity index (χ1v) is 9.84. The summed E-state index contributed by atoms with van der Waals surface area (Å²) in [7, 11) is 0. The third-order valence-corrected chi connectivity index (χ3v) is 5.12. The van der Waals surface area contributed by atoms with Crippen molar-refractivity contribution in [1.82, 2.24) is 15.1 Å². The van der Waals surface area contributed by atoms with Crippen LogP contribution >= 0.6 is 11.6 Å². The molecule has 2 aromatic rings. The van der Waals surface area contributed by atoms with Crippen LogP contribution in [0, 0.1) is 0 Å². The monoisotopic (exact) mass is 429 g/mol. The van der Waals surface area contributed by atoms with Crippen molar-refractivity contribution < 1.29 is 22.7 Å². The van der Waals surface area contributed by atoms with E-state index in [2.05, 4.69) is 10.4 Å². The van der Waals surface area contributed by atoms with Crippen molar-refractivity contribution >= 4 is 17.5 Å². The van der Waals surface area contributed by atoms with Gasteiger partial charge in [-0.25, -0.2) is 0 Å². The standard InChI is InChI=1S/C20H23ClF3N3O2/c1-19(2,29-14-9-7-13(21)8-10-14)18(28)25-11-12-27-16-6-4-3-5-15(16)17(26-27)20(22,23)24/h7-10H,3-6,11-12H2,1-2H3,(H,25,28). The van der Waals surface area contributed by atoms with Crippen LogP contribution in [0.15, 0.2) is 24.3 Å². The van der Waals surface area contributed by atoms with Crippen LogP contribution in [-0.2, 0) is 30.4 Å². The van der Waals surface area contributed by atoms with Gasteiger partial charge in [-0.05, 0) is 63.8 Å². The van der Waals surface area contributed by atoms with E-state index in [0.717, 1.165) is 12.8 Å². The van der Waals surface area contributed by atoms with Gasteiger partial charge in [0.05, 0.1) is 6.54 Å². The first kappa shape index (κ1) is 21.5. The minimum Gasteiger partial charge on any atom is -0.478 e. The number of hydrogen-bond acceptors (Lipinski definition) is 3. The first-order chi connectivity index (χ1) is 13.6. The number of carbonyl (C=O) groups excluding carboxylic acids is 1. The molecular weight excluding hydrogens is 407 g/mol. The highest BCUT2D eigenvalue weighted by Gasteiger charge is 2.39. The Bertz CT molecular complexity index is 876. The summed E-state index contributed by atoms with van der Waals surface area (Å²) in [6, 6.07) is 6.63. The number of carbonyl (C=O) groups is 1. The number of nitrogens with zero attached hydrogens (tertiary/aromatic N) is 2. The highest BCUT2D eigenvalue weighted by Crippen LogP contribution is 2.35. The van der Waals surface area contributed by atoms with Gasteiger partial charge in [0, 0.05) is 22.8 Å². The van der Waals surface area contributed by atoms with Crippen molar-refractivity contribution in [2.45, 2.75) is 57.9 Å². The fourth-order valence-electron chi connectivity index (χ4n) is 3.42. The number of aromatic nitrogens is 2. The molecule has 1 amide bonds. The molecule has 5 nitrogen and oxygen atoms in total. The molecular formula is C20H23ClF3N3O2. The molecule has 0 radical (unpaired) electrons. The lowest BCUT2D eigenvalue weighted by Crippen LogP contribution is -2.47. The van der Waals surface area contributed by atoms with Crippen molar-refractivity contribution in [2.75, 3.05) is 6.54 Å². The zero-order valence-electron chi connectivity index (χ0n) is 16.3. The van der Waals surface area contributed by atoms with Crippen LogP contribution in [0.25, 0.3) is 0 Å². The Morgan fingerprint density at radius 1 is 1.21 bits per heavy atom. The molecule has 29 heavy (non-hydrogen) atoms. The Kier molecular flexibility index (Phi) is 6.12. The van der Waals surface area contributed by atoms with E-state index in [0.29, 0.717) is 34.9 Å². The summed E-state index contributed by atoms with van der Waals surface area (Å²) in [5.41, 5.74) is -1.05. The molecule has 0 bridgehead atoms. The number of halogens is 4. The van der Waals surface area contributed by atoms with E-state index >= 15 is 0 Å². The third-order valence-electron chi connectivity index (χ3n) is 4.87. The van der Waals surface area contributed by atoms with E-state index < -0.39 is 17.5 Å². The molecule has 158 valence electrons. The van der Waals surface area contributed by atoms with Gasteiger partial charge in [-0.2, -0.15) is 18.3 Å². The van der Waals surface area contributed by atoms with E-state index in [1.807, 2.05) is 0 Å². The summed E-state index contributed by atoms with van der Waals surface area (Å²) in [6.07, 6.45) is -1.95. The predicted octanol–water partition coefficient (Wildman–Crippen LogP) is 4.41. The normalized spacial score (nSPS) is 14.4. The predicted molar refractivity (Wildman–Crippen MR) is 103 cm³/mol.